The second-order valence-electron chi connectivity index (χ2n) is 9.63. The van der Waals surface area contributed by atoms with Crippen molar-refractivity contribution in [3.05, 3.63) is 75.2 Å². The molecule has 3 heterocycles. The molecule has 10 heteroatoms. The van der Waals surface area contributed by atoms with E-state index in [0.717, 1.165) is 5.57 Å². The number of ether oxygens (including phenoxy) is 2. The zero-order valence-corrected chi connectivity index (χ0v) is 21.2. The highest BCUT2D eigenvalue weighted by atomic mass is 32.1. The van der Waals surface area contributed by atoms with Crippen LogP contribution in [0, 0.1) is 17.7 Å². The smallest absolute Gasteiger partial charge is 0.426 e. The summed E-state index contributed by atoms with van der Waals surface area (Å²) in [6.45, 7) is 3.52. The summed E-state index contributed by atoms with van der Waals surface area (Å²) in [5.74, 6) is -1.34. The normalized spacial score (nSPS) is 19.6. The molecule has 0 bridgehead atoms. The molecule has 2 atom stereocenters. The molecule has 1 aromatic heterocycles. The van der Waals surface area contributed by atoms with E-state index in [1.165, 1.54) is 18.2 Å². The van der Waals surface area contributed by atoms with E-state index >= 15 is 0 Å². The van der Waals surface area contributed by atoms with E-state index in [2.05, 4.69) is 0 Å². The Morgan fingerprint density at radius 1 is 1.18 bits per heavy atom. The highest BCUT2D eigenvalue weighted by Crippen LogP contribution is 2.43. The van der Waals surface area contributed by atoms with Gasteiger partial charge in [0.25, 0.3) is 0 Å². The Hall–Kier alpha value is -3.37. The molecular weight excluding hydrogens is 522 g/mol. The van der Waals surface area contributed by atoms with Crippen LogP contribution < -0.4 is 9.47 Å². The number of thiophene rings is 1. The molecule has 1 N–H and O–H groups in total. The molecule has 0 saturated carbocycles. The third-order valence-electron chi connectivity index (χ3n) is 6.76. The van der Waals surface area contributed by atoms with Crippen molar-refractivity contribution in [1.82, 2.24) is 4.90 Å². The number of hydrogen-bond donors (Lipinski definition) is 1. The molecule has 0 amide bonds. The predicted octanol–water partition coefficient (Wildman–Crippen LogP) is 6.58. The fraction of sp³-hybridized carbons (Fsp3) is 0.321. The molecule has 5 nitrogen and oxygen atoms in total. The van der Waals surface area contributed by atoms with Crippen LogP contribution in [0.15, 0.2) is 54.1 Å². The van der Waals surface area contributed by atoms with Crippen LogP contribution in [0.2, 0.25) is 0 Å². The fourth-order valence-electron chi connectivity index (χ4n) is 4.93. The van der Waals surface area contributed by atoms with Gasteiger partial charge in [0.1, 0.15) is 35.4 Å². The van der Waals surface area contributed by atoms with E-state index in [-0.39, 0.29) is 41.8 Å². The first-order valence-electron chi connectivity index (χ1n) is 12.1. The van der Waals surface area contributed by atoms with Gasteiger partial charge in [-0.1, -0.05) is 37.3 Å². The maximum Gasteiger partial charge on any atom is 0.426 e. The molecule has 1 fully saturated rings. The average Bonchev–Trinajstić information content (AvgIpc) is 3.47. The number of carboxylic acids is 1. The van der Waals surface area contributed by atoms with Gasteiger partial charge in [-0.25, -0.2) is 4.39 Å². The molecule has 2 unspecified atom stereocenters. The van der Waals surface area contributed by atoms with E-state index in [1.807, 2.05) is 11.8 Å². The summed E-state index contributed by atoms with van der Waals surface area (Å²) in [5.41, 5.74) is 1.64. The number of rotatable bonds is 7. The van der Waals surface area contributed by atoms with Crippen molar-refractivity contribution in [2.24, 2.45) is 11.8 Å². The Labute approximate surface area is 220 Å². The number of nitrogens with zero attached hydrogens (tertiary/aromatic N) is 1. The van der Waals surface area contributed by atoms with Gasteiger partial charge in [0.2, 0.25) is 0 Å². The number of carbonyl (C=O) groups is 1. The summed E-state index contributed by atoms with van der Waals surface area (Å²) in [6.07, 6.45) is -2.80. The number of aliphatic carboxylic acids is 1. The second kappa shape index (κ2) is 10.4. The number of alkyl halides is 3. The molecule has 5 rings (SSSR count). The van der Waals surface area contributed by atoms with Gasteiger partial charge >= 0.3 is 12.1 Å². The zero-order chi connectivity index (χ0) is 27.0. The number of hydrogen-bond acceptors (Lipinski definition) is 5. The average molecular weight is 548 g/mol. The summed E-state index contributed by atoms with van der Waals surface area (Å²) < 4.78 is 67.4. The maximum atomic E-state index is 15.0. The Kier molecular flexibility index (Phi) is 7.19. The van der Waals surface area contributed by atoms with Gasteiger partial charge in [0.05, 0.1) is 11.5 Å². The minimum absolute atomic E-state index is 0.0284. The molecule has 3 aromatic rings. The van der Waals surface area contributed by atoms with Gasteiger partial charge in [0, 0.05) is 42.2 Å². The van der Waals surface area contributed by atoms with Crippen molar-refractivity contribution in [3.63, 3.8) is 0 Å². The number of likely N-dealkylation sites (tertiary alicyclic amines) is 1. The van der Waals surface area contributed by atoms with Gasteiger partial charge in [-0.05, 0) is 29.2 Å². The van der Waals surface area contributed by atoms with E-state index in [0.29, 0.717) is 41.4 Å². The SMILES string of the molecule is CC1CN(CC2=Cc3c(F)cc(OCc4cc(-c5ccccc5)c(C(F)(F)F)s4)cc3OC2)CC1C(=O)O. The van der Waals surface area contributed by atoms with Gasteiger partial charge in [-0.2, -0.15) is 13.2 Å². The van der Waals surface area contributed by atoms with Crippen LogP contribution in [0.1, 0.15) is 22.2 Å². The first kappa shape index (κ1) is 26.2. The minimum atomic E-state index is -4.51. The lowest BCUT2D eigenvalue weighted by molar-refractivity contribution is -0.142. The van der Waals surface area contributed by atoms with Crippen LogP contribution in [0.4, 0.5) is 17.6 Å². The minimum Gasteiger partial charge on any atom is -0.488 e. The largest absolute Gasteiger partial charge is 0.488 e. The van der Waals surface area contributed by atoms with Crippen LogP contribution >= 0.6 is 11.3 Å². The van der Waals surface area contributed by atoms with Crippen molar-refractivity contribution in [2.75, 3.05) is 26.2 Å². The molecule has 200 valence electrons. The summed E-state index contributed by atoms with van der Waals surface area (Å²) in [6, 6.07) is 12.5. The predicted molar refractivity (Wildman–Crippen MR) is 136 cm³/mol. The van der Waals surface area contributed by atoms with E-state index in [9.17, 15) is 27.5 Å². The van der Waals surface area contributed by atoms with Gasteiger partial charge in [-0.15, -0.1) is 11.3 Å². The van der Waals surface area contributed by atoms with Crippen LogP contribution in [0.5, 0.6) is 11.5 Å². The Bertz CT molecular complexity index is 1370. The van der Waals surface area contributed by atoms with Crippen LogP contribution in [-0.4, -0.2) is 42.2 Å². The van der Waals surface area contributed by atoms with Gasteiger partial charge in [0.15, 0.2) is 0 Å². The first-order chi connectivity index (χ1) is 18.1. The summed E-state index contributed by atoms with van der Waals surface area (Å²) in [4.78, 5) is 13.1. The molecular formula is C28H25F4NO4S. The molecule has 2 aromatic carbocycles. The van der Waals surface area contributed by atoms with Gasteiger partial charge < -0.3 is 14.6 Å². The van der Waals surface area contributed by atoms with Crippen molar-refractivity contribution in [2.45, 2.75) is 19.7 Å². The van der Waals surface area contributed by atoms with E-state index < -0.39 is 28.8 Å². The Balaban J connectivity index is 1.29. The zero-order valence-electron chi connectivity index (χ0n) is 20.4. The third kappa shape index (κ3) is 5.56. The molecule has 38 heavy (non-hydrogen) atoms. The van der Waals surface area contributed by atoms with Crippen molar-refractivity contribution >= 4 is 23.4 Å². The summed E-state index contributed by atoms with van der Waals surface area (Å²) in [7, 11) is 0. The van der Waals surface area contributed by atoms with Gasteiger partial charge in [-0.3, -0.25) is 9.69 Å². The molecule has 1 saturated heterocycles. The van der Waals surface area contributed by atoms with Crippen LogP contribution in [0.3, 0.4) is 0 Å². The third-order valence-corrected chi connectivity index (χ3v) is 7.92. The van der Waals surface area contributed by atoms with Crippen LogP contribution in [0.25, 0.3) is 17.2 Å². The molecule has 0 radical (unpaired) electrons. The molecule has 2 aliphatic heterocycles. The lowest BCUT2D eigenvalue weighted by atomic mass is 9.99. The highest BCUT2D eigenvalue weighted by Gasteiger charge is 2.37. The molecule has 2 aliphatic rings. The van der Waals surface area contributed by atoms with Crippen molar-refractivity contribution in [1.29, 1.82) is 0 Å². The maximum absolute atomic E-state index is 15.0. The molecule has 0 spiro atoms. The fourth-order valence-corrected chi connectivity index (χ4v) is 5.89. The number of benzene rings is 2. The van der Waals surface area contributed by atoms with Crippen LogP contribution in [-0.2, 0) is 17.6 Å². The summed E-state index contributed by atoms with van der Waals surface area (Å²) >= 11 is 0.605. The summed E-state index contributed by atoms with van der Waals surface area (Å²) in [5, 5.41) is 9.34. The standard InChI is InChI=1S/C28H25F4NO4S/c1-16-11-33(13-23(16)27(34)35)12-17-7-22-24(29)8-19(9-25(22)37-14-17)36-15-20-10-21(18-5-3-2-4-6-18)26(38-20)28(30,31)32/h2-10,16,23H,11-15H2,1H3,(H,34,35). The van der Waals surface area contributed by atoms with Crippen molar-refractivity contribution < 1.29 is 36.9 Å². The lowest BCUT2D eigenvalue weighted by Crippen LogP contribution is -2.27. The van der Waals surface area contributed by atoms with E-state index in [4.69, 9.17) is 9.47 Å². The topological polar surface area (TPSA) is 59.0 Å². The quantitative estimate of drug-likeness (QED) is 0.339. The lowest BCUT2D eigenvalue weighted by Gasteiger charge is -2.23. The second-order valence-corrected chi connectivity index (χ2v) is 10.8. The highest BCUT2D eigenvalue weighted by molar-refractivity contribution is 7.12. The Morgan fingerprint density at radius 2 is 1.95 bits per heavy atom. The number of fused-ring (bicyclic) bond motifs is 1. The van der Waals surface area contributed by atoms with E-state index in [1.54, 1.807) is 36.4 Å². The first-order valence-corrected chi connectivity index (χ1v) is 12.9. The number of halogens is 4. The van der Waals surface area contributed by atoms with Crippen molar-refractivity contribution in [3.8, 4) is 22.6 Å². The number of carboxylic acid groups (broad SMARTS) is 1. The monoisotopic (exact) mass is 547 g/mol. The molecule has 0 aliphatic carbocycles. The Morgan fingerprint density at radius 3 is 2.63 bits per heavy atom.